The Morgan fingerprint density at radius 3 is 2.52 bits per heavy atom. The Hall–Kier alpha value is -3.00. The molecule has 214 valence electrons. The van der Waals surface area contributed by atoms with E-state index in [-0.39, 0.29) is 61.8 Å². The molecular formula is C28H31F2N3O6S. The van der Waals surface area contributed by atoms with Crippen LogP contribution in [0.2, 0.25) is 0 Å². The average molecular weight is 576 g/mol. The molecule has 0 bridgehead atoms. The molecule has 4 N–H and O–H groups in total. The lowest BCUT2D eigenvalue weighted by Gasteiger charge is -2.37. The molecule has 1 aliphatic carbocycles. The summed E-state index contributed by atoms with van der Waals surface area (Å²) in [4.78, 5) is 5.33. The van der Waals surface area contributed by atoms with Crippen molar-refractivity contribution in [2.24, 2.45) is 5.41 Å². The van der Waals surface area contributed by atoms with E-state index in [4.69, 9.17) is 4.74 Å². The Kier molecular flexibility index (Phi) is 8.18. The van der Waals surface area contributed by atoms with E-state index in [0.717, 1.165) is 6.20 Å². The molecule has 12 heteroatoms. The Morgan fingerprint density at radius 1 is 1.05 bits per heavy atom. The van der Waals surface area contributed by atoms with Crippen molar-refractivity contribution in [1.82, 2.24) is 14.6 Å². The third-order valence-electron chi connectivity index (χ3n) is 7.47. The highest BCUT2D eigenvalue weighted by Gasteiger charge is 2.46. The van der Waals surface area contributed by atoms with Crippen LogP contribution in [0.5, 0.6) is 5.75 Å². The summed E-state index contributed by atoms with van der Waals surface area (Å²) in [5.74, 6) is -1.06. The summed E-state index contributed by atoms with van der Waals surface area (Å²) in [6.45, 7) is -0.174. The minimum atomic E-state index is -4.17. The SMILES string of the molecule is O=S1(=O)NC[C@H](O)CN(Cc2ccncc2F)CC2(COc3cc(-c4ccccc4F)ccc31)C[C@@H](O)[C@@H](O)C2. The molecule has 1 unspecified atom stereocenters. The lowest BCUT2D eigenvalue weighted by molar-refractivity contribution is 0.0422. The Labute approximate surface area is 231 Å². The van der Waals surface area contributed by atoms with Gasteiger partial charge in [0.05, 0.1) is 31.1 Å². The summed E-state index contributed by atoms with van der Waals surface area (Å²) in [5, 5.41) is 31.8. The third kappa shape index (κ3) is 6.17. The van der Waals surface area contributed by atoms with Gasteiger partial charge < -0.3 is 20.1 Å². The van der Waals surface area contributed by atoms with Crippen molar-refractivity contribution in [1.29, 1.82) is 0 Å². The first kappa shape index (κ1) is 28.5. The molecule has 5 rings (SSSR count). The molecule has 1 spiro atoms. The van der Waals surface area contributed by atoms with Crippen molar-refractivity contribution >= 4 is 10.0 Å². The zero-order valence-corrected chi connectivity index (χ0v) is 22.4. The molecule has 2 aliphatic rings. The molecule has 1 saturated carbocycles. The monoisotopic (exact) mass is 575 g/mol. The zero-order valence-electron chi connectivity index (χ0n) is 21.6. The summed E-state index contributed by atoms with van der Waals surface area (Å²) >= 11 is 0. The number of hydrogen-bond donors (Lipinski definition) is 4. The fraction of sp³-hybridized carbons (Fsp3) is 0.393. The largest absolute Gasteiger partial charge is 0.492 e. The van der Waals surface area contributed by atoms with Crippen molar-refractivity contribution in [2.45, 2.75) is 42.6 Å². The highest BCUT2D eigenvalue weighted by Crippen LogP contribution is 2.41. The predicted octanol–water partition coefficient (Wildman–Crippen LogP) is 2.06. The second-order valence-electron chi connectivity index (χ2n) is 10.6. The number of aliphatic hydroxyl groups excluding tert-OH is 3. The Morgan fingerprint density at radius 2 is 1.80 bits per heavy atom. The highest BCUT2D eigenvalue weighted by molar-refractivity contribution is 7.89. The van der Waals surface area contributed by atoms with Crippen molar-refractivity contribution in [3.05, 3.63) is 78.1 Å². The maximum atomic E-state index is 14.6. The lowest BCUT2D eigenvalue weighted by Crippen LogP contribution is -2.46. The smallest absolute Gasteiger partial charge is 0.244 e. The molecule has 40 heavy (non-hydrogen) atoms. The molecular weight excluding hydrogens is 544 g/mol. The normalized spacial score (nSPS) is 27.4. The Balaban J connectivity index is 1.55. The van der Waals surface area contributed by atoms with E-state index in [1.807, 2.05) is 0 Å². The van der Waals surface area contributed by atoms with Crippen LogP contribution in [-0.2, 0) is 16.6 Å². The summed E-state index contributed by atoms with van der Waals surface area (Å²) in [6.07, 6.45) is -0.450. The number of fused-ring (bicyclic) bond motifs is 1. The van der Waals surface area contributed by atoms with E-state index in [2.05, 4.69) is 9.71 Å². The number of sulfonamides is 1. The molecule has 1 aliphatic heterocycles. The van der Waals surface area contributed by atoms with Crippen LogP contribution in [0.3, 0.4) is 0 Å². The Bertz CT molecular complexity index is 1460. The van der Waals surface area contributed by atoms with Crippen LogP contribution in [0.25, 0.3) is 11.1 Å². The molecule has 0 saturated heterocycles. The number of ether oxygens (including phenoxy) is 1. The van der Waals surface area contributed by atoms with Gasteiger partial charge in [0.2, 0.25) is 10.0 Å². The van der Waals surface area contributed by atoms with Crippen LogP contribution in [-0.4, -0.2) is 78.2 Å². The van der Waals surface area contributed by atoms with Crippen LogP contribution >= 0.6 is 0 Å². The van der Waals surface area contributed by atoms with E-state index in [9.17, 15) is 32.5 Å². The quantitative estimate of drug-likeness (QED) is 0.373. The standard InChI is InChI=1S/C28H31F2N3O6S/c29-22-4-2-1-3-21(22)18-5-6-27-26(9-18)39-17-28(10-24(35)25(36)11-28)16-33(14-19-7-8-31-13-23(19)30)15-20(34)12-32-40(27,37)38/h1-9,13,20,24-25,32,34-36H,10-12,14-17H2/t20-,24-,25+,28?/m0/s1. The van der Waals surface area contributed by atoms with Gasteiger partial charge in [-0.3, -0.25) is 9.88 Å². The molecule has 2 heterocycles. The van der Waals surface area contributed by atoms with Crippen LogP contribution in [0.4, 0.5) is 8.78 Å². The van der Waals surface area contributed by atoms with Gasteiger partial charge in [0.25, 0.3) is 0 Å². The number of rotatable bonds is 3. The molecule has 0 amide bonds. The van der Waals surface area contributed by atoms with Crippen molar-refractivity contribution in [3.63, 3.8) is 0 Å². The fourth-order valence-electron chi connectivity index (χ4n) is 5.55. The van der Waals surface area contributed by atoms with Crippen molar-refractivity contribution < 1.29 is 37.3 Å². The lowest BCUT2D eigenvalue weighted by atomic mass is 9.85. The van der Waals surface area contributed by atoms with Crippen molar-refractivity contribution in [2.75, 3.05) is 26.2 Å². The second-order valence-corrected chi connectivity index (χ2v) is 12.4. The van der Waals surface area contributed by atoms with Crippen LogP contribution in [0, 0.1) is 17.0 Å². The molecule has 4 atom stereocenters. The van der Waals surface area contributed by atoms with Gasteiger partial charge in [-0.2, -0.15) is 0 Å². The summed E-state index contributed by atoms with van der Waals surface area (Å²) in [6, 6.07) is 11.8. The van der Waals surface area contributed by atoms with Crippen LogP contribution < -0.4 is 9.46 Å². The van der Waals surface area contributed by atoms with Gasteiger partial charge in [0, 0.05) is 48.9 Å². The average Bonchev–Trinajstić information content (AvgIpc) is 3.20. The number of hydrogen-bond acceptors (Lipinski definition) is 8. The first-order chi connectivity index (χ1) is 19.1. The third-order valence-corrected chi connectivity index (χ3v) is 8.93. The molecule has 0 radical (unpaired) electrons. The van der Waals surface area contributed by atoms with Gasteiger partial charge in [-0.1, -0.05) is 24.3 Å². The molecule has 1 fully saturated rings. The number of aliphatic hydroxyl groups is 3. The fourth-order valence-corrected chi connectivity index (χ4v) is 6.75. The molecule has 1 aromatic heterocycles. The van der Waals surface area contributed by atoms with E-state index in [1.165, 1.54) is 36.5 Å². The van der Waals surface area contributed by atoms with Gasteiger partial charge in [0.1, 0.15) is 22.3 Å². The molecule has 2 aromatic carbocycles. The minimum absolute atomic E-state index is 0.0166. The van der Waals surface area contributed by atoms with E-state index < -0.39 is 45.4 Å². The number of benzene rings is 2. The molecule has 3 aromatic rings. The van der Waals surface area contributed by atoms with Crippen LogP contribution in [0.1, 0.15) is 18.4 Å². The van der Waals surface area contributed by atoms with Gasteiger partial charge in [-0.25, -0.2) is 21.9 Å². The number of pyridine rings is 1. The van der Waals surface area contributed by atoms with E-state index in [0.29, 0.717) is 11.1 Å². The number of nitrogens with zero attached hydrogens (tertiary/aromatic N) is 2. The number of halogens is 2. The van der Waals surface area contributed by atoms with E-state index >= 15 is 0 Å². The van der Waals surface area contributed by atoms with Gasteiger partial charge in [-0.05, 0) is 42.7 Å². The first-order valence-corrected chi connectivity index (χ1v) is 14.4. The summed E-state index contributed by atoms with van der Waals surface area (Å²) in [7, 11) is -4.17. The maximum Gasteiger partial charge on any atom is 0.244 e. The second kappa shape index (κ2) is 11.5. The van der Waals surface area contributed by atoms with Crippen LogP contribution in [0.15, 0.2) is 65.8 Å². The first-order valence-electron chi connectivity index (χ1n) is 12.9. The summed E-state index contributed by atoms with van der Waals surface area (Å²) in [5.41, 5.74) is 0.108. The number of aromatic nitrogens is 1. The minimum Gasteiger partial charge on any atom is -0.492 e. The van der Waals surface area contributed by atoms with Gasteiger partial charge in [0.15, 0.2) is 0 Å². The van der Waals surface area contributed by atoms with Crippen molar-refractivity contribution in [3.8, 4) is 16.9 Å². The number of nitrogens with one attached hydrogen (secondary N) is 1. The van der Waals surface area contributed by atoms with Gasteiger partial charge >= 0.3 is 0 Å². The topological polar surface area (TPSA) is 132 Å². The van der Waals surface area contributed by atoms with E-state index in [1.54, 1.807) is 23.1 Å². The van der Waals surface area contributed by atoms with Gasteiger partial charge in [-0.15, -0.1) is 0 Å². The summed E-state index contributed by atoms with van der Waals surface area (Å²) < 4.78 is 64.1. The highest BCUT2D eigenvalue weighted by atomic mass is 32.2. The number of β-amino-alcohol motifs (C(OH)–C–C–N with tert-alkyl or cyclic N) is 1. The zero-order chi connectivity index (χ0) is 28.5. The predicted molar refractivity (Wildman–Crippen MR) is 142 cm³/mol. The maximum absolute atomic E-state index is 14.6. The molecule has 9 nitrogen and oxygen atoms in total.